The van der Waals surface area contributed by atoms with Gasteiger partial charge in [-0.05, 0) is 32.6 Å². The highest BCUT2D eigenvalue weighted by molar-refractivity contribution is 5.82. The Balaban J connectivity index is 1.79. The summed E-state index contributed by atoms with van der Waals surface area (Å²) in [5, 5.41) is 2.85. The average molecular weight is 254 g/mol. The van der Waals surface area contributed by atoms with E-state index in [4.69, 9.17) is 4.74 Å². The number of hydrogen-bond acceptors (Lipinski definition) is 3. The first-order valence-electron chi connectivity index (χ1n) is 6.90. The zero-order chi connectivity index (χ0) is 13.0. The minimum atomic E-state index is -0.231. The Morgan fingerprint density at radius 2 is 2.00 bits per heavy atom. The predicted molar refractivity (Wildman–Crippen MR) is 67.0 cm³/mol. The zero-order valence-corrected chi connectivity index (χ0v) is 11.0. The molecular formula is C13H22N2O3. The van der Waals surface area contributed by atoms with Crippen molar-refractivity contribution in [3.63, 3.8) is 0 Å². The van der Waals surface area contributed by atoms with Crippen molar-refractivity contribution in [1.82, 2.24) is 10.2 Å². The Bertz CT molecular complexity index is 305. The molecule has 0 bridgehead atoms. The number of nitrogens with zero attached hydrogens (tertiary/aromatic N) is 1. The van der Waals surface area contributed by atoms with E-state index in [1.165, 1.54) is 0 Å². The van der Waals surface area contributed by atoms with E-state index in [2.05, 4.69) is 5.32 Å². The summed E-state index contributed by atoms with van der Waals surface area (Å²) >= 11 is 0. The third-order valence-corrected chi connectivity index (χ3v) is 3.73. The summed E-state index contributed by atoms with van der Waals surface area (Å²) in [4.78, 5) is 25.6. The quantitative estimate of drug-likeness (QED) is 0.799. The van der Waals surface area contributed by atoms with E-state index in [9.17, 15) is 9.59 Å². The van der Waals surface area contributed by atoms with Gasteiger partial charge in [0.15, 0.2) is 0 Å². The van der Waals surface area contributed by atoms with Crippen LogP contribution in [0, 0.1) is 5.92 Å². The zero-order valence-electron chi connectivity index (χ0n) is 11.0. The molecule has 0 aromatic rings. The summed E-state index contributed by atoms with van der Waals surface area (Å²) in [5.41, 5.74) is 0. The van der Waals surface area contributed by atoms with Crippen LogP contribution in [0.4, 0.5) is 0 Å². The minimum Gasteiger partial charge on any atom is -0.368 e. The number of ether oxygens (including phenoxy) is 1. The van der Waals surface area contributed by atoms with E-state index in [0.717, 1.165) is 25.7 Å². The van der Waals surface area contributed by atoms with Crippen LogP contribution in [0.2, 0.25) is 0 Å². The van der Waals surface area contributed by atoms with Gasteiger partial charge in [-0.15, -0.1) is 0 Å². The molecule has 2 amide bonds. The number of piperidine rings is 1. The van der Waals surface area contributed by atoms with Gasteiger partial charge in [0.1, 0.15) is 6.10 Å². The van der Waals surface area contributed by atoms with E-state index in [1.807, 2.05) is 11.8 Å². The summed E-state index contributed by atoms with van der Waals surface area (Å²) in [5.74, 6) is 0.307. The molecule has 5 nitrogen and oxygen atoms in total. The van der Waals surface area contributed by atoms with Gasteiger partial charge in [-0.25, -0.2) is 0 Å². The number of hydrogen-bond donors (Lipinski definition) is 1. The number of rotatable bonds is 3. The highest BCUT2D eigenvalue weighted by Crippen LogP contribution is 2.21. The lowest BCUT2D eigenvalue weighted by atomic mass is 9.95. The summed E-state index contributed by atoms with van der Waals surface area (Å²) in [6, 6.07) is 0. The molecule has 2 heterocycles. The van der Waals surface area contributed by atoms with E-state index in [0.29, 0.717) is 26.2 Å². The Hall–Kier alpha value is -1.10. The predicted octanol–water partition coefficient (Wildman–Crippen LogP) is 0.540. The van der Waals surface area contributed by atoms with Gasteiger partial charge in [-0.1, -0.05) is 0 Å². The molecule has 1 N–H and O–H groups in total. The number of amides is 2. The van der Waals surface area contributed by atoms with Gasteiger partial charge in [0, 0.05) is 32.2 Å². The maximum absolute atomic E-state index is 12.1. The summed E-state index contributed by atoms with van der Waals surface area (Å²) < 4.78 is 5.41. The molecule has 2 aliphatic rings. The van der Waals surface area contributed by atoms with Gasteiger partial charge in [0.05, 0.1) is 0 Å². The molecule has 0 spiro atoms. The summed E-state index contributed by atoms with van der Waals surface area (Å²) in [7, 11) is 0. The molecule has 0 radical (unpaired) electrons. The molecule has 2 aliphatic heterocycles. The first-order valence-corrected chi connectivity index (χ1v) is 6.90. The topological polar surface area (TPSA) is 58.6 Å². The maximum Gasteiger partial charge on any atom is 0.251 e. The van der Waals surface area contributed by atoms with Crippen molar-refractivity contribution in [3.8, 4) is 0 Å². The molecule has 2 rings (SSSR count). The molecule has 5 heteroatoms. The molecule has 2 fully saturated rings. The van der Waals surface area contributed by atoms with Gasteiger partial charge < -0.3 is 15.0 Å². The van der Waals surface area contributed by atoms with Crippen molar-refractivity contribution >= 4 is 11.8 Å². The number of carbonyl (C=O) groups is 2. The molecular weight excluding hydrogens is 232 g/mol. The Morgan fingerprint density at radius 1 is 1.28 bits per heavy atom. The fourth-order valence-corrected chi connectivity index (χ4v) is 2.66. The first kappa shape index (κ1) is 13.3. The lowest BCUT2D eigenvalue weighted by molar-refractivity contribution is -0.143. The van der Waals surface area contributed by atoms with E-state index >= 15 is 0 Å². The second kappa shape index (κ2) is 6.18. The smallest absolute Gasteiger partial charge is 0.251 e. The van der Waals surface area contributed by atoms with Crippen molar-refractivity contribution in [2.45, 2.75) is 38.7 Å². The van der Waals surface area contributed by atoms with Crippen LogP contribution in [0.5, 0.6) is 0 Å². The molecule has 0 saturated carbocycles. The lowest BCUT2D eigenvalue weighted by Crippen LogP contribution is -2.46. The SMILES string of the molecule is CCNC(=O)C1CCN(C(=O)C2CCCO2)CC1. The van der Waals surface area contributed by atoms with E-state index < -0.39 is 0 Å². The molecule has 0 aliphatic carbocycles. The molecule has 2 saturated heterocycles. The molecule has 18 heavy (non-hydrogen) atoms. The molecule has 0 aromatic carbocycles. The van der Waals surface area contributed by atoms with Gasteiger partial charge in [0.2, 0.25) is 5.91 Å². The third kappa shape index (κ3) is 3.02. The van der Waals surface area contributed by atoms with Crippen LogP contribution in [-0.2, 0) is 14.3 Å². The van der Waals surface area contributed by atoms with E-state index in [1.54, 1.807) is 0 Å². The molecule has 1 unspecified atom stereocenters. The first-order chi connectivity index (χ1) is 8.72. The van der Waals surface area contributed by atoms with Crippen molar-refractivity contribution in [2.75, 3.05) is 26.2 Å². The maximum atomic E-state index is 12.1. The fourth-order valence-electron chi connectivity index (χ4n) is 2.66. The number of carbonyl (C=O) groups excluding carboxylic acids is 2. The van der Waals surface area contributed by atoms with E-state index in [-0.39, 0.29) is 23.8 Å². The summed E-state index contributed by atoms with van der Waals surface area (Å²) in [6.07, 6.45) is 3.13. The van der Waals surface area contributed by atoms with Crippen LogP contribution in [-0.4, -0.2) is 49.1 Å². The van der Waals surface area contributed by atoms with Crippen molar-refractivity contribution in [3.05, 3.63) is 0 Å². The van der Waals surface area contributed by atoms with Crippen LogP contribution >= 0.6 is 0 Å². The van der Waals surface area contributed by atoms with Crippen LogP contribution in [0.1, 0.15) is 32.6 Å². The Labute approximate surface area is 108 Å². The van der Waals surface area contributed by atoms with Crippen LogP contribution in [0.25, 0.3) is 0 Å². The second-order valence-electron chi connectivity index (χ2n) is 5.00. The molecule has 1 atom stereocenters. The van der Waals surface area contributed by atoms with Crippen LogP contribution in [0.15, 0.2) is 0 Å². The highest BCUT2D eigenvalue weighted by Gasteiger charge is 2.32. The van der Waals surface area contributed by atoms with Gasteiger partial charge in [0.25, 0.3) is 5.91 Å². The number of likely N-dealkylation sites (tertiary alicyclic amines) is 1. The highest BCUT2D eigenvalue weighted by atomic mass is 16.5. The van der Waals surface area contributed by atoms with Crippen molar-refractivity contribution in [1.29, 1.82) is 0 Å². The second-order valence-corrected chi connectivity index (χ2v) is 5.00. The fraction of sp³-hybridized carbons (Fsp3) is 0.846. The molecule has 102 valence electrons. The summed E-state index contributed by atoms with van der Waals surface area (Å²) in [6.45, 7) is 4.66. The van der Waals surface area contributed by atoms with Crippen molar-refractivity contribution in [2.24, 2.45) is 5.92 Å². The average Bonchev–Trinajstić information content (AvgIpc) is 2.92. The van der Waals surface area contributed by atoms with Crippen molar-refractivity contribution < 1.29 is 14.3 Å². The van der Waals surface area contributed by atoms with Gasteiger partial charge in [-0.2, -0.15) is 0 Å². The largest absolute Gasteiger partial charge is 0.368 e. The van der Waals surface area contributed by atoms with Crippen LogP contribution in [0.3, 0.4) is 0 Å². The standard InChI is InChI=1S/C13H22N2O3/c1-2-14-12(16)10-5-7-15(8-6-10)13(17)11-4-3-9-18-11/h10-11H,2-9H2,1H3,(H,14,16). The van der Waals surface area contributed by atoms with Crippen LogP contribution < -0.4 is 5.32 Å². The lowest BCUT2D eigenvalue weighted by Gasteiger charge is -2.32. The normalized spacial score (nSPS) is 25.2. The van der Waals surface area contributed by atoms with Gasteiger partial charge >= 0.3 is 0 Å². The molecule has 0 aromatic heterocycles. The number of nitrogens with one attached hydrogen (secondary N) is 1. The Morgan fingerprint density at radius 3 is 2.56 bits per heavy atom. The Kier molecular flexibility index (Phi) is 4.58. The minimum absolute atomic E-state index is 0.0681. The third-order valence-electron chi connectivity index (χ3n) is 3.73. The van der Waals surface area contributed by atoms with Gasteiger partial charge in [-0.3, -0.25) is 9.59 Å². The monoisotopic (exact) mass is 254 g/mol.